The van der Waals surface area contributed by atoms with Crippen LogP contribution in [0.2, 0.25) is 0 Å². The van der Waals surface area contributed by atoms with E-state index in [1.54, 1.807) is 17.4 Å². The van der Waals surface area contributed by atoms with Gasteiger partial charge in [-0.25, -0.2) is 0 Å². The topological polar surface area (TPSA) is 46.4 Å². The molecule has 0 fully saturated rings. The van der Waals surface area contributed by atoms with Gasteiger partial charge in [-0.1, -0.05) is 12.1 Å². The van der Waals surface area contributed by atoms with Crippen molar-refractivity contribution in [2.24, 2.45) is 0 Å². The Labute approximate surface area is 128 Å². The number of halogens is 2. The summed E-state index contributed by atoms with van der Waals surface area (Å²) in [5, 5.41) is 12.7. The van der Waals surface area contributed by atoms with Crippen molar-refractivity contribution in [2.45, 2.75) is 13.1 Å². The molecule has 0 aliphatic rings. The molecule has 1 aromatic heterocycles. The van der Waals surface area contributed by atoms with E-state index in [4.69, 9.17) is 0 Å². The molecule has 2 aromatic rings. The van der Waals surface area contributed by atoms with Gasteiger partial charge in [-0.2, -0.15) is 4.39 Å². The van der Waals surface area contributed by atoms with Gasteiger partial charge in [0.15, 0.2) is 0 Å². The first-order chi connectivity index (χ1) is 9.47. The Balaban J connectivity index is 2.09. The van der Waals surface area contributed by atoms with Gasteiger partial charge in [0.1, 0.15) is 0 Å². The van der Waals surface area contributed by atoms with Crippen LogP contribution in [0.5, 0.6) is 0 Å². The Kier molecular flexibility index (Phi) is 4.85. The maximum atomic E-state index is 14.0. The fourth-order valence-electron chi connectivity index (χ4n) is 1.92. The molecule has 0 saturated heterocycles. The minimum Gasteiger partial charge on any atom is -0.298 e. The molecule has 20 heavy (non-hydrogen) atoms. The molecule has 0 aliphatic carbocycles. The molecule has 0 radical (unpaired) electrons. The summed E-state index contributed by atoms with van der Waals surface area (Å²) in [4.78, 5) is 11.9. The molecular formula is C13H12BrFN2O2S. The van der Waals surface area contributed by atoms with E-state index in [1.807, 2.05) is 23.4 Å². The normalized spacial score (nSPS) is 11.0. The van der Waals surface area contributed by atoms with Crippen molar-refractivity contribution in [1.82, 2.24) is 4.90 Å². The molecule has 0 N–H and O–H groups in total. The van der Waals surface area contributed by atoms with Gasteiger partial charge in [0.25, 0.3) is 0 Å². The van der Waals surface area contributed by atoms with Crippen LogP contribution in [0, 0.1) is 15.9 Å². The first-order valence-corrected chi connectivity index (χ1v) is 7.48. The van der Waals surface area contributed by atoms with Gasteiger partial charge in [0, 0.05) is 24.7 Å². The molecular weight excluding hydrogens is 347 g/mol. The smallest absolute Gasteiger partial charge is 0.298 e. The second-order valence-corrected chi connectivity index (χ2v) is 6.73. The molecule has 0 spiro atoms. The van der Waals surface area contributed by atoms with Crippen molar-refractivity contribution >= 4 is 33.0 Å². The summed E-state index contributed by atoms with van der Waals surface area (Å²) in [5.74, 6) is -0.754. The summed E-state index contributed by atoms with van der Waals surface area (Å²) >= 11 is 4.98. The molecule has 2 rings (SSSR count). The van der Waals surface area contributed by atoms with Gasteiger partial charge >= 0.3 is 5.69 Å². The van der Waals surface area contributed by atoms with Crippen LogP contribution >= 0.6 is 27.3 Å². The van der Waals surface area contributed by atoms with Crippen LogP contribution in [0.25, 0.3) is 0 Å². The molecule has 106 valence electrons. The monoisotopic (exact) mass is 358 g/mol. The number of nitro groups is 1. The third-order valence-corrected chi connectivity index (χ3v) is 4.32. The summed E-state index contributed by atoms with van der Waals surface area (Å²) in [6.45, 7) is 0.977. The fraction of sp³-hybridized carbons (Fsp3) is 0.231. The van der Waals surface area contributed by atoms with Crippen molar-refractivity contribution in [2.75, 3.05) is 7.05 Å². The van der Waals surface area contributed by atoms with Crippen molar-refractivity contribution in [3.05, 3.63) is 60.5 Å². The molecule has 1 aromatic carbocycles. The van der Waals surface area contributed by atoms with E-state index in [0.717, 1.165) is 9.35 Å². The van der Waals surface area contributed by atoms with Crippen molar-refractivity contribution in [3.8, 4) is 0 Å². The summed E-state index contributed by atoms with van der Waals surface area (Å²) in [6, 6.07) is 6.26. The van der Waals surface area contributed by atoms with Crippen LogP contribution in [0.1, 0.15) is 11.1 Å². The number of benzene rings is 1. The predicted octanol–water partition coefficient (Wildman–Crippen LogP) is 4.19. The summed E-state index contributed by atoms with van der Waals surface area (Å²) in [7, 11) is 1.85. The van der Waals surface area contributed by atoms with Crippen LogP contribution < -0.4 is 0 Å². The highest BCUT2D eigenvalue weighted by molar-refractivity contribution is 9.11. The SMILES string of the molecule is CN(Cc1csc(Br)c1)Cc1cccc([N+](=O)[O-])c1F. The largest absolute Gasteiger partial charge is 0.305 e. The maximum absolute atomic E-state index is 14.0. The van der Waals surface area contributed by atoms with Crippen LogP contribution in [0.4, 0.5) is 10.1 Å². The summed E-state index contributed by atoms with van der Waals surface area (Å²) < 4.78 is 15.0. The van der Waals surface area contributed by atoms with E-state index in [-0.39, 0.29) is 0 Å². The van der Waals surface area contributed by atoms with Crippen LogP contribution in [0.3, 0.4) is 0 Å². The van der Waals surface area contributed by atoms with E-state index in [2.05, 4.69) is 15.9 Å². The van der Waals surface area contributed by atoms with E-state index >= 15 is 0 Å². The number of thiophene rings is 1. The lowest BCUT2D eigenvalue weighted by Gasteiger charge is -2.16. The lowest BCUT2D eigenvalue weighted by Crippen LogP contribution is -2.18. The highest BCUT2D eigenvalue weighted by Crippen LogP contribution is 2.24. The zero-order chi connectivity index (χ0) is 14.7. The third kappa shape index (κ3) is 3.62. The molecule has 0 amide bonds. The molecule has 0 bridgehead atoms. The van der Waals surface area contributed by atoms with Gasteiger partial charge in [-0.3, -0.25) is 15.0 Å². The minimum absolute atomic E-state index is 0.320. The lowest BCUT2D eigenvalue weighted by molar-refractivity contribution is -0.387. The van der Waals surface area contributed by atoms with Gasteiger partial charge in [-0.15, -0.1) is 11.3 Å². The number of rotatable bonds is 5. The zero-order valence-electron chi connectivity index (χ0n) is 10.7. The Morgan fingerprint density at radius 2 is 2.20 bits per heavy atom. The van der Waals surface area contributed by atoms with E-state index < -0.39 is 16.4 Å². The second kappa shape index (κ2) is 6.43. The average Bonchev–Trinajstić information content (AvgIpc) is 2.77. The Morgan fingerprint density at radius 3 is 2.80 bits per heavy atom. The van der Waals surface area contributed by atoms with Crippen LogP contribution in [-0.4, -0.2) is 16.9 Å². The third-order valence-electron chi connectivity index (χ3n) is 2.77. The summed E-state index contributed by atoms with van der Waals surface area (Å²) in [6.07, 6.45) is 0. The molecule has 0 atom stereocenters. The molecule has 0 saturated carbocycles. The number of nitro benzene ring substituents is 1. The van der Waals surface area contributed by atoms with Gasteiger partial charge in [0.05, 0.1) is 8.71 Å². The van der Waals surface area contributed by atoms with E-state index in [0.29, 0.717) is 18.7 Å². The van der Waals surface area contributed by atoms with Crippen molar-refractivity contribution in [3.63, 3.8) is 0 Å². The molecule has 0 unspecified atom stereocenters. The standard InChI is InChI=1S/C13H12BrFN2O2S/c1-16(6-9-5-12(14)20-8-9)7-10-3-2-4-11(13(10)15)17(18)19/h2-5,8H,6-7H2,1H3. The highest BCUT2D eigenvalue weighted by Gasteiger charge is 2.18. The number of hydrogen-bond acceptors (Lipinski definition) is 4. The molecule has 4 nitrogen and oxygen atoms in total. The van der Waals surface area contributed by atoms with E-state index in [1.165, 1.54) is 12.1 Å². The van der Waals surface area contributed by atoms with Crippen LogP contribution in [-0.2, 0) is 13.1 Å². The fourth-order valence-corrected chi connectivity index (χ4v) is 3.12. The number of hydrogen-bond donors (Lipinski definition) is 0. The van der Waals surface area contributed by atoms with Gasteiger partial charge in [-0.05, 0) is 40.0 Å². The minimum atomic E-state index is -0.754. The van der Waals surface area contributed by atoms with Crippen molar-refractivity contribution < 1.29 is 9.31 Å². The Hall–Kier alpha value is -1.31. The van der Waals surface area contributed by atoms with Gasteiger partial charge in [0.2, 0.25) is 5.82 Å². The second-order valence-electron chi connectivity index (χ2n) is 4.44. The zero-order valence-corrected chi connectivity index (χ0v) is 13.1. The molecule has 1 heterocycles. The maximum Gasteiger partial charge on any atom is 0.305 e. The number of nitrogens with zero attached hydrogens (tertiary/aromatic N) is 2. The first kappa shape index (κ1) is 15.1. The van der Waals surface area contributed by atoms with E-state index in [9.17, 15) is 14.5 Å². The first-order valence-electron chi connectivity index (χ1n) is 5.80. The quantitative estimate of drug-likeness (QED) is 0.594. The molecule has 0 aliphatic heterocycles. The predicted molar refractivity (Wildman–Crippen MR) is 80.2 cm³/mol. The lowest BCUT2D eigenvalue weighted by atomic mass is 10.1. The highest BCUT2D eigenvalue weighted by atomic mass is 79.9. The van der Waals surface area contributed by atoms with Crippen LogP contribution in [0.15, 0.2) is 33.4 Å². The molecule has 7 heteroatoms. The average molecular weight is 359 g/mol. The summed E-state index contributed by atoms with van der Waals surface area (Å²) in [5.41, 5.74) is 0.973. The Morgan fingerprint density at radius 1 is 1.45 bits per heavy atom. The van der Waals surface area contributed by atoms with Crippen molar-refractivity contribution in [1.29, 1.82) is 0 Å². The van der Waals surface area contributed by atoms with Gasteiger partial charge < -0.3 is 0 Å². The Bertz CT molecular complexity index is 633.